The van der Waals surface area contributed by atoms with Gasteiger partial charge in [-0.25, -0.2) is 0 Å². The number of rotatable bonds is 3. The maximum Gasteiger partial charge on any atom is 0.252 e. The molecule has 16 heavy (non-hydrogen) atoms. The Labute approximate surface area is 99.8 Å². The molecular weight excluding hydrogens is 226 g/mol. The van der Waals surface area contributed by atoms with Crippen LogP contribution in [-0.2, 0) is 10.3 Å². The van der Waals surface area contributed by atoms with E-state index in [1.807, 2.05) is 13.8 Å². The second-order valence-corrected chi connectivity index (χ2v) is 4.50. The monoisotopic (exact) mass is 239 g/mol. The first-order valence-electron chi connectivity index (χ1n) is 4.92. The molecule has 86 valence electrons. The van der Waals surface area contributed by atoms with E-state index < -0.39 is 10.8 Å². The van der Waals surface area contributed by atoms with Crippen LogP contribution in [0.4, 0.5) is 0 Å². The van der Waals surface area contributed by atoms with Crippen LogP contribution in [0.15, 0.2) is 24.3 Å². The van der Waals surface area contributed by atoms with Gasteiger partial charge in [0.1, 0.15) is 0 Å². The van der Waals surface area contributed by atoms with Crippen LogP contribution in [0.2, 0.25) is 0 Å². The molecule has 1 aromatic rings. The molecule has 0 saturated heterocycles. The summed E-state index contributed by atoms with van der Waals surface area (Å²) >= 11 is 5.35. The lowest BCUT2D eigenvalue weighted by molar-refractivity contribution is -0.120. The average Bonchev–Trinajstić information content (AvgIpc) is 2.16. The van der Waals surface area contributed by atoms with E-state index in [1.54, 1.807) is 24.3 Å². The summed E-state index contributed by atoms with van der Waals surface area (Å²) in [6, 6.07) is 6.86. The van der Waals surface area contributed by atoms with Crippen molar-refractivity contribution in [2.45, 2.75) is 26.3 Å². The largest absolute Gasteiger partial charge is 0.347 e. The lowest BCUT2D eigenvalue weighted by atomic mass is 9.93. The minimum atomic E-state index is -0.483. The average molecular weight is 240 g/mol. The molecule has 1 N–H and O–H groups in total. The minimum absolute atomic E-state index is 0.0949. The Morgan fingerprint density at radius 3 is 2.06 bits per heavy atom. The van der Waals surface area contributed by atoms with Crippen LogP contribution in [-0.4, -0.2) is 11.1 Å². The van der Waals surface area contributed by atoms with Crippen LogP contribution >= 0.6 is 11.6 Å². The number of halogens is 1. The van der Waals surface area contributed by atoms with E-state index in [2.05, 4.69) is 5.32 Å². The van der Waals surface area contributed by atoms with Crippen molar-refractivity contribution in [1.82, 2.24) is 5.32 Å². The Bertz CT molecular complexity index is 410. The van der Waals surface area contributed by atoms with Crippen LogP contribution in [0.5, 0.6) is 0 Å². The normalized spacial score (nSPS) is 11.0. The number of carbonyl (C=O) groups excluding carboxylic acids is 2. The zero-order valence-corrected chi connectivity index (χ0v) is 10.3. The molecule has 0 aliphatic carbocycles. The van der Waals surface area contributed by atoms with Gasteiger partial charge in [-0.05, 0) is 43.1 Å². The molecular formula is C12H14ClNO2. The lowest BCUT2D eigenvalue weighted by Crippen LogP contribution is -2.39. The Kier molecular flexibility index (Phi) is 3.70. The van der Waals surface area contributed by atoms with Gasteiger partial charge in [0.2, 0.25) is 5.91 Å². The topological polar surface area (TPSA) is 46.2 Å². The molecule has 3 nitrogen and oxygen atoms in total. The summed E-state index contributed by atoms with van der Waals surface area (Å²) < 4.78 is 0. The second kappa shape index (κ2) is 4.66. The van der Waals surface area contributed by atoms with E-state index in [4.69, 9.17) is 11.6 Å². The molecule has 0 aliphatic heterocycles. The number of amides is 1. The van der Waals surface area contributed by atoms with Gasteiger partial charge in [0.05, 0.1) is 5.54 Å². The van der Waals surface area contributed by atoms with Crippen molar-refractivity contribution in [2.24, 2.45) is 0 Å². The van der Waals surface area contributed by atoms with Crippen LogP contribution in [0.1, 0.15) is 36.7 Å². The zero-order valence-electron chi connectivity index (χ0n) is 9.50. The van der Waals surface area contributed by atoms with Crippen molar-refractivity contribution in [2.75, 3.05) is 0 Å². The van der Waals surface area contributed by atoms with Crippen molar-refractivity contribution in [3.63, 3.8) is 0 Å². The first-order chi connectivity index (χ1) is 7.33. The minimum Gasteiger partial charge on any atom is -0.347 e. The third-order valence-electron chi connectivity index (χ3n) is 2.32. The van der Waals surface area contributed by atoms with Gasteiger partial charge in [0, 0.05) is 12.5 Å². The lowest BCUT2D eigenvalue weighted by Gasteiger charge is -2.26. The number of hydrogen-bond donors (Lipinski definition) is 1. The van der Waals surface area contributed by atoms with Gasteiger partial charge in [-0.15, -0.1) is 0 Å². The molecule has 4 heteroatoms. The molecule has 0 spiro atoms. The third kappa shape index (κ3) is 3.07. The van der Waals surface area contributed by atoms with Crippen LogP contribution in [0.25, 0.3) is 0 Å². The fourth-order valence-corrected chi connectivity index (χ4v) is 1.66. The molecule has 1 aromatic carbocycles. The molecule has 1 rings (SSSR count). The van der Waals surface area contributed by atoms with Crippen molar-refractivity contribution in [1.29, 1.82) is 0 Å². The molecule has 0 heterocycles. The molecule has 0 radical (unpaired) electrons. The van der Waals surface area contributed by atoms with Gasteiger partial charge in [-0.3, -0.25) is 9.59 Å². The van der Waals surface area contributed by atoms with E-state index in [0.717, 1.165) is 5.56 Å². The highest BCUT2D eigenvalue weighted by Crippen LogP contribution is 2.20. The van der Waals surface area contributed by atoms with Gasteiger partial charge in [-0.2, -0.15) is 0 Å². The Morgan fingerprint density at radius 2 is 1.69 bits per heavy atom. The maximum absolute atomic E-state index is 11.0. The quantitative estimate of drug-likeness (QED) is 0.824. The number of carbonyl (C=O) groups is 2. The molecule has 0 fully saturated rings. The summed E-state index contributed by atoms with van der Waals surface area (Å²) in [5.74, 6) is -0.0949. The van der Waals surface area contributed by atoms with Crippen molar-refractivity contribution in [3.8, 4) is 0 Å². The number of benzene rings is 1. The molecule has 0 atom stereocenters. The summed E-state index contributed by atoms with van der Waals surface area (Å²) in [6.07, 6.45) is 0. The van der Waals surface area contributed by atoms with E-state index >= 15 is 0 Å². The first-order valence-corrected chi connectivity index (χ1v) is 5.30. The number of nitrogens with one attached hydrogen (secondary N) is 1. The van der Waals surface area contributed by atoms with E-state index in [0.29, 0.717) is 5.56 Å². The van der Waals surface area contributed by atoms with Gasteiger partial charge >= 0.3 is 0 Å². The summed E-state index contributed by atoms with van der Waals surface area (Å²) in [5, 5.41) is 2.34. The summed E-state index contributed by atoms with van der Waals surface area (Å²) in [5.41, 5.74) is 0.910. The van der Waals surface area contributed by atoms with E-state index in [1.165, 1.54) is 6.92 Å². The first kappa shape index (κ1) is 12.7. The Morgan fingerprint density at radius 1 is 1.19 bits per heavy atom. The van der Waals surface area contributed by atoms with Crippen molar-refractivity contribution >= 4 is 22.8 Å². The Hall–Kier alpha value is -1.35. The number of hydrogen-bond acceptors (Lipinski definition) is 2. The SMILES string of the molecule is CC(=O)NC(C)(C)c1ccc(C(=O)Cl)cc1. The fraction of sp³-hybridized carbons (Fsp3) is 0.333. The van der Waals surface area contributed by atoms with E-state index in [-0.39, 0.29) is 5.91 Å². The second-order valence-electron chi connectivity index (χ2n) is 4.16. The third-order valence-corrected chi connectivity index (χ3v) is 2.54. The molecule has 0 unspecified atom stereocenters. The summed E-state index contributed by atoms with van der Waals surface area (Å²) in [7, 11) is 0. The molecule has 0 aromatic heterocycles. The van der Waals surface area contributed by atoms with E-state index in [9.17, 15) is 9.59 Å². The highest BCUT2D eigenvalue weighted by Gasteiger charge is 2.21. The van der Waals surface area contributed by atoms with Gasteiger partial charge in [0.25, 0.3) is 5.24 Å². The Balaban J connectivity index is 2.96. The van der Waals surface area contributed by atoms with Crippen LogP contribution in [0, 0.1) is 0 Å². The van der Waals surface area contributed by atoms with Crippen molar-refractivity contribution < 1.29 is 9.59 Å². The van der Waals surface area contributed by atoms with Gasteiger partial charge < -0.3 is 5.32 Å². The van der Waals surface area contributed by atoms with Crippen LogP contribution in [0.3, 0.4) is 0 Å². The highest BCUT2D eigenvalue weighted by molar-refractivity contribution is 6.67. The molecule has 0 saturated carbocycles. The smallest absolute Gasteiger partial charge is 0.252 e. The molecule has 0 aliphatic rings. The summed E-state index contributed by atoms with van der Waals surface area (Å²) in [4.78, 5) is 21.9. The van der Waals surface area contributed by atoms with Gasteiger partial charge in [-0.1, -0.05) is 12.1 Å². The van der Waals surface area contributed by atoms with Crippen LogP contribution < -0.4 is 5.32 Å². The van der Waals surface area contributed by atoms with Gasteiger partial charge in [0.15, 0.2) is 0 Å². The molecule has 0 bridgehead atoms. The highest BCUT2D eigenvalue weighted by atomic mass is 35.5. The molecule has 1 amide bonds. The standard InChI is InChI=1S/C12H14ClNO2/c1-8(15)14-12(2,3)10-6-4-9(5-7-10)11(13)16/h4-7H,1-3H3,(H,14,15). The summed E-state index contributed by atoms with van der Waals surface area (Å²) in [6.45, 7) is 5.26. The predicted octanol–water partition coefficient (Wildman–Crippen LogP) is 2.44. The van der Waals surface area contributed by atoms with Crippen molar-refractivity contribution in [3.05, 3.63) is 35.4 Å². The zero-order chi connectivity index (χ0) is 12.3. The fourth-order valence-electron chi connectivity index (χ4n) is 1.53. The predicted molar refractivity (Wildman–Crippen MR) is 63.5 cm³/mol. The maximum atomic E-state index is 11.0.